The zero-order chi connectivity index (χ0) is 13.0. The predicted molar refractivity (Wildman–Crippen MR) is 74.7 cm³/mol. The van der Waals surface area contributed by atoms with E-state index in [1.165, 1.54) is 19.3 Å². The molecule has 1 saturated carbocycles. The summed E-state index contributed by atoms with van der Waals surface area (Å²) in [6.45, 7) is 9.67. The summed E-state index contributed by atoms with van der Waals surface area (Å²) in [4.78, 5) is 17.0. The quantitative estimate of drug-likeness (QED) is 0.749. The first-order chi connectivity index (χ1) is 8.70. The first-order valence-electron chi connectivity index (χ1n) is 7.69. The average molecular weight is 252 g/mol. The molecule has 3 nitrogen and oxygen atoms in total. The van der Waals surface area contributed by atoms with E-state index in [1.54, 1.807) is 0 Å². The van der Waals surface area contributed by atoms with Gasteiger partial charge in [0.05, 0.1) is 6.54 Å². The van der Waals surface area contributed by atoms with Crippen LogP contribution in [0.4, 0.5) is 0 Å². The second-order valence-corrected chi connectivity index (χ2v) is 6.02. The minimum atomic E-state index is 0.387. The summed E-state index contributed by atoms with van der Waals surface area (Å²) < 4.78 is 0. The fourth-order valence-corrected chi connectivity index (χ4v) is 3.22. The maximum absolute atomic E-state index is 12.1. The smallest absolute Gasteiger partial charge is 0.149 e. The highest BCUT2D eigenvalue weighted by atomic mass is 16.1. The second-order valence-electron chi connectivity index (χ2n) is 6.02. The number of ketones is 1. The van der Waals surface area contributed by atoms with Crippen LogP contribution in [-0.2, 0) is 4.79 Å². The van der Waals surface area contributed by atoms with Gasteiger partial charge in [0.2, 0.25) is 0 Å². The number of nitrogens with zero attached hydrogens (tertiary/aromatic N) is 2. The van der Waals surface area contributed by atoms with Gasteiger partial charge in [0.1, 0.15) is 5.78 Å². The van der Waals surface area contributed by atoms with Gasteiger partial charge < -0.3 is 0 Å². The van der Waals surface area contributed by atoms with Crippen molar-refractivity contribution in [3.8, 4) is 0 Å². The lowest BCUT2D eigenvalue weighted by atomic mass is 10.0. The van der Waals surface area contributed by atoms with Crippen LogP contribution in [0.25, 0.3) is 0 Å². The number of hydrogen-bond acceptors (Lipinski definition) is 3. The lowest BCUT2D eigenvalue weighted by Crippen LogP contribution is -2.50. The van der Waals surface area contributed by atoms with Crippen LogP contribution in [0.5, 0.6) is 0 Å². The van der Waals surface area contributed by atoms with Gasteiger partial charge in [0.15, 0.2) is 0 Å². The number of piperazine rings is 1. The molecule has 104 valence electrons. The molecule has 1 atom stereocenters. The molecule has 3 heteroatoms. The van der Waals surface area contributed by atoms with Crippen molar-refractivity contribution in [3.05, 3.63) is 0 Å². The van der Waals surface area contributed by atoms with E-state index in [1.807, 2.05) is 0 Å². The summed E-state index contributed by atoms with van der Waals surface area (Å²) in [5.74, 6) is 0.891. The third-order valence-corrected chi connectivity index (χ3v) is 4.81. The van der Waals surface area contributed by atoms with Crippen LogP contribution in [0, 0.1) is 5.92 Å². The van der Waals surface area contributed by atoms with Gasteiger partial charge in [-0.25, -0.2) is 0 Å². The molecule has 2 aliphatic rings. The van der Waals surface area contributed by atoms with E-state index in [0.29, 0.717) is 24.3 Å². The summed E-state index contributed by atoms with van der Waals surface area (Å²) in [5.41, 5.74) is 0. The Hall–Kier alpha value is -0.410. The zero-order valence-electron chi connectivity index (χ0n) is 12.0. The van der Waals surface area contributed by atoms with Crippen LogP contribution in [0.1, 0.15) is 46.0 Å². The van der Waals surface area contributed by atoms with Crippen molar-refractivity contribution < 1.29 is 4.79 Å². The summed E-state index contributed by atoms with van der Waals surface area (Å²) >= 11 is 0. The Morgan fingerprint density at radius 1 is 1.17 bits per heavy atom. The van der Waals surface area contributed by atoms with Crippen LogP contribution in [-0.4, -0.2) is 54.3 Å². The largest absolute Gasteiger partial charge is 0.298 e. The predicted octanol–water partition coefficient (Wildman–Crippen LogP) is 2.16. The highest BCUT2D eigenvalue weighted by molar-refractivity contribution is 5.83. The van der Waals surface area contributed by atoms with Crippen LogP contribution in [0.15, 0.2) is 0 Å². The molecule has 0 N–H and O–H groups in total. The Bertz CT molecular complexity index is 266. The molecule has 0 aromatic carbocycles. The molecule has 0 aromatic heterocycles. The van der Waals surface area contributed by atoms with Gasteiger partial charge in [0, 0.05) is 38.1 Å². The Morgan fingerprint density at radius 2 is 1.78 bits per heavy atom. The van der Waals surface area contributed by atoms with Gasteiger partial charge in [0.25, 0.3) is 0 Å². The van der Waals surface area contributed by atoms with Gasteiger partial charge in [-0.2, -0.15) is 0 Å². The lowest BCUT2D eigenvalue weighted by Gasteiger charge is -2.37. The highest BCUT2D eigenvalue weighted by Gasteiger charge is 2.26. The van der Waals surface area contributed by atoms with E-state index in [4.69, 9.17) is 0 Å². The maximum Gasteiger partial charge on any atom is 0.149 e. The van der Waals surface area contributed by atoms with Crippen molar-refractivity contribution in [1.82, 2.24) is 9.80 Å². The third kappa shape index (κ3) is 3.55. The molecule has 18 heavy (non-hydrogen) atoms. The Morgan fingerprint density at radius 3 is 2.33 bits per heavy atom. The molecule has 0 bridgehead atoms. The van der Waals surface area contributed by atoms with Gasteiger partial charge in [-0.3, -0.25) is 14.6 Å². The first-order valence-corrected chi connectivity index (χ1v) is 7.69. The van der Waals surface area contributed by atoms with Gasteiger partial charge in [-0.15, -0.1) is 0 Å². The van der Waals surface area contributed by atoms with Gasteiger partial charge >= 0.3 is 0 Å². The average Bonchev–Trinajstić information content (AvgIpc) is 2.92. The topological polar surface area (TPSA) is 23.6 Å². The van der Waals surface area contributed by atoms with Crippen molar-refractivity contribution in [2.24, 2.45) is 5.92 Å². The minimum Gasteiger partial charge on any atom is -0.298 e. The van der Waals surface area contributed by atoms with E-state index < -0.39 is 0 Å². The van der Waals surface area contributed by atoms with Crippen molar-refractivity contribution in [3.63, 3.8) is 0 Å². The highest BCUT2D eigenvalue weighted by Crippen LogP contribution is 2.25. The zero-order valence-corrected chi connectivity index (χ0v) is 12.0. The Labute approximate surface area is 112 Å². The number of rotatable bonds is 5. The van der Waals surface area contributed by atoms with Crippen molar-refractivity contribution in [2.75, 3.05) is 32.7 Å². The van der Waals surface area contributed by atoms with E-state index in [9.17, 15) is 4.79 Å². The van der Waals surface area contributed by atoms with Gasteiger partial charge in [-0.05, 0) is 26.2 Å². The molecule has 1 aliphatic carbocycles. The van der Waals surface area contributed by atoms with E-state index in [-0.39, 0.29) is 0 Å². The van der Waals surface area contributed by atoms with Crippen LogP contribution < -0.4 is 0 Å². The minimum absolute atomic E-state index is 0.387. The van der Waals surface area contributed by atoms with Crippen molar-refractivity contribution >= 4 is 5.78 Å². The summed E-state index contributed by atoms with van der Waals surface area (Å²) in [6.07, 6.45) is 6.04. The second kappa shape index (κ2) is 6.67. The normalized spacial score (nSPS) is 25.4. The molecule has 2 rings (SSSR count). The van der Waals surface area contributed by atoms with Crippen LogP contribution in [0.2, 0.25) is 0 Å². The molecule has 0 radical (unpaired) electrons. The molecule has 1 aliphatic heterocycles. The fraction of sp³-hybridized carbons (Fsp3) is 0.933. The van der Waals surface area contributed by atoms with Gasteiger partial charge in [-0.1, -0.05) is 19.8 Å². The van der Waals surface area contributed by atoms with Crippen molar-refractivity contribution in [2.45, 2.75) is 52.0 Å². The van der Waals surface area contributed by atoms with E-state index >= 15 is 0 Å². The number of hydrogen-bond donors (Lipinski definition) is 0. The Balaban J connectivity index is 1.71. The van der Waals surface area contributed by atoms with Crippen molar-refractivity contribution in [1.29, 1.82) is 0 Å². The molecular formula is C15H28N2O. The lowest BCUT2D eigenvalue weighted by molar-refractivity contribution is -0.124. The molecule has 1 heterocycles. The monoisotopic (exact) mass is 252 g/mol. The molecule has 1 unspecified atom stereocenters. The molecule has 1 saturated heterocycles. The first kappa shape index (κ1) is 14.0. The molecule has 0 amide bonds. The number of carbonyl (C=O) groups is 1. The third-order valence-electron chi connectivity index (χ3n) is 4.81. The summed E-state index contributed by atoms with van der Waals surface area (Å²) in [6, 6.07) is 0.692. The number of Topliss-reactive ketones (excluding diaryl/α,β-unsaturated/α-hetero) is 1. The standard InChI is InChI=1S/C15H28N2O/c1-3-13(2)17-10-8-16(9-11-17)12-15(18)14-6-4-5-7-14/h13-14H,3-12H2,1-2H3. The van der Waals surface area contributed by atoms with E-state index in [2.05, 4.69) is 23.6 Å². The number of carbonyl (C=O) groups excluding carboxylic acids is 1. The molecule has 0 aromatic rings. The van der Waals surface area contributed by atoms with Crippen LogP contribution >= 0.6 is 0 Å². The summed E-state index contributed by atoms with van der Waals surface area (Å²) in [7, 11) is 0. The molecule has 2 fully saturated rings. The fourth-order valence-electron chi connectivity index (χ4n) is 3.22. The molecular weight excluding hydrogens is 224 g/mol. The molecule has 0 spiro atoms. The maximum atomic E-state index is 12.1. The van der Waals surface area contributed by atoms with Crippen LogP contribution in [0.3, 0.4) is 0 Å². The van der Waals surface area contributed by atoms with E-state index in [0.717, 1.165) is 39.0 Å². The SMILES string of the molecule is CCC(C)N1CCN(CC(=O)C2CCCC2)CC1. The Kier molecular flexibility index (Phi) is 5.19. The summed E-state index contributed by atoms with van der Waals surface area (Å²) in [5, 5.41) is 0.